The van der Waals surface area contributed by atoms with Crippen LogP contribution in [0, 0.1) is 0 Å². The summed E-state index contributed by atoms with van der Waals surface area (Å²) in [6.45, 7) is -1.02. The number of aliphatic carboxylic acids is 1. The lowest BCUT2D eigenvalue weighted by molar-refractivity contribution is -0.142. The van der Waals surface area contributed by atoms with Gasteiger partial charge in [0, 0.05) is 12.4 Å². The topological polar surface area (TPSA) is 50.2 Å². The second-order valence-electron chi connectivity index (χ2n) is 3.95. The Balaban J connectivity index is 2.65. The number of benzene rings is 1. The van der Waals surface area contributed by atoms with Crippen molar-refractivity contribution in [1.82, 2.24) is 4.98 Å². The summed E-state index contributed by atoms with van der Waals surface area (Å²) >= 11 is 0. The minimum Gasteiger partial charge on any atom is -0.480 e. The van der Waals surface area contributed by atoms with Gasteiger partial charge in [0.25, 0.3) is 0 Å². The van der Waals surface area contributed by atoms with Crippen LogP contribution in [0.5, 0.6) is 0 Å². The van der Waals surface area contributed by atoms with Gasteiger partial charge in [-0.3, -0.25) is 9.78 Å². The van der Waals surface area contributed by atoms with Crippen LogP contribution in [-0.2, 0) is 10.2 Å². The molecule has 18 heavy (non-hydrogen) atoms. The van der Waals surface area contributed by atoms with Gasteiger partial charge in [-0.25, -0.2) is 4.39 Å². The average molecular weight is 245 g/mol. The molecule has 1 aromatic carbocycles. The smallest absolute Gasteiger partial charge is 0.321 e. The summed E-state index contributed by atoms with van der Waals surface area (Å²) in [7, 11) is 0. The lowest BCUT2D eigenvalue weighted by atomic mass is 9.76. The first-order valence-corrected chi connectivity index (χ1v) is 5.47. The Bertz CT molecular complexity index is 489. The van der Waals surface area contributed by atoms with Crippen molar-refractivity contribution >= 4 is 5.97 Å². The van der Waals surface area contributed by atoms with E-state index in [-0.39, 0.29) is 0 Å². The summed E-state index contributed by atoms with van der Waals surface area (Å²) in [4.78, 5) is 15.5. The second kappa shape index (κ2) is 4.96. The van der Waals surface area contributed by atoms with Crippen molar-refractivity contribution in [2.75, 3.05) is 6.67 Å². The maximum absolute atomic E-state index is 13.5. The van der Waals surface area contributed by atoms with E-state index in [1.807, 2.05) is 0 Å². The Hall–Kier alpha value is -2.23. The van der Waals surface area contributed by atoms with Gasteiger partial charge < -0.3 is 5.11 Å². The number of carboxylic acid groups (broad SMARTS) is 1. The zero-order valence-electron chi connectivity index (χ0n) is 9.58. The molecule has 1 N–H and O–H groups in total. The van der Waals surface area contributed by atoms with Crippen molar-refractivity contribution in [3.8, 4) is 0 Å². The molecule has 1 unspecified atom stereocenters. The van der Waals surface area contributed by atoms with Crippen molar-refractivity contribution < 1.29 is 14.3 Å². The molecule has 3 nitrogen and oxygen atoms in total. The summed E-state index contributed by atoms with van der Waals surface area (Å²) in [5.41, 5.74) is -0.936. The summed E-state index contributed by atoms with van der Waals surface area (Å²) in [5, 5.41) is 9.46. The number of halogens is 1. The van der Waals surface area contributed by atoms with Crippen molar-refractivity contribution in [2.24, 2.45) is 0 Å². The molecule has 0 aliphatic rings. The third-order valence-electron chi connectivity index (χ3n) is 2.99. The summed E-state index contributed by atoms with van der Waals surface area (Å²) in [6.07, 6.45) is 2.92. The Kier molecular flexibility index (Phi) is 3.37. The molecule has 2 rings (SSSR count). The quantitative estimate of drug-likeness (QED) is 0.900. The summed E-state index contributed by atoms with van der Waals surface area (Å²) < 4.78 is 13.5. The van der Waals surface area contributed by atoms with Crippen molar-refractivity contribution in [2.45, 2.75) is 5.41 Å². The highest BCUT2D eigenvalue weighted by atomic mass is 19.1. The molecule has 0 amide bonds. The van der Waals surface area contributed by atoms with E-state index in [9.17, 15) is 14.3 Å². The van der Waals surface area contributed by atoms with Gasteiger partial charge in [-0.05, 0) is 17.2 Å². The Morgan fingerprint density at radius 3 is 2.33 bits per heavy atom. The van der Waals surface area contributed by atoms with Crippen LogP contribution in [-0.4, -0.2) is 22.7 Å². The van der Waals surface area contributed by atoms with Gasteiger partial charge in [0.2, 0.25) is 0 Å². The molecular weight excluding hydrogens is 233 g/mol. The predicted molar refractivity (Wildman–Crippen MR) is 65.1 cm³/mol. The summed E-state index contributed by atoms with van der Waals surface area (Å²) in [5.74, 6) is -1.22. The van der Waals surface area contributed by atoms with E-state index in [0.717, 1.165) is 0 Å². The average Bonchev–Trinajstić information content (AvgIpc) is 2.42. The number of hydrogen-bond acceptors (Lipinski definition) is 2. The van der Waals surface area contributed by atoms with Gasteiger partial charge in [-0.15, -0.1) is 0 Å². The fourth-order valence-corrected chi connectivity index (χ4v) is 1.96. The highest BCUT2D eigenvalue weighted by molar-refractivity contribution is 5.86. The normalized spacial score (nSPS) is 13.8. The fourth-order valence-electron chi connectivity index (χ4n) is 1.96. The number of pyridine rings is 1. The van der Waals surface area contributed by atoms with Crippen LogP contribution in [0.3, 0.4) is 0 Å². The maximum Gasteiger partial charge on any atom is 0.321 e. The van der Waals surface area contributed by atoms with Gasteiger partial charge in [-0.1, -0.05) is 36.4 Å². The van der Waals surface area contributed by atoms with Crippen LogP contribution in [0.15, 0.2) is 54.9 Å². The molecule has 0 aliphatic carbocycles. The first-order chi connectivity index (χ1) is 8.71. The van der Waals surface area contributed by atoms with E-state index in [2.05, 4.69) is 4.98 Å². The van der Waals surface area contributed by atoms with Crippen molar-refractivity contribution in [1.29, 1.82) is 0 Å². The Morgan fingerprint density at radius 1 is 1.17 bits per heavy atom. The SMILES string of the molecule is O=C(O)C(CF)(c1ccccc1)c1cccnc1. The number of hydrogen-bond donors (Lipinski definition) is 1. The van der Waals surface area contributed by atoms with Crippen LogP contribution >= 0.6 is 0 Å². The van der Waals surface area contributed by atoms with Crippen LogP contribution < -0.4 is 0 Å². The molecule has 0 spiro atoms. The largest absolute Gasteiger partial charge is 0.480 e. The highest BCUT2D eigenvalue weighted by Gasteiger charge is 2.42. The predicted octanol–water partition coefficient (Wildman–Crippen LogP) is 2.42. The molecule has 4 heteroatoms. The van der Waals surface area contributed by atoms with Crippen molar-refractivity contribution in [3.63, 3.8) is 0 Å². The minimum absolute atomic E-state index is 0.339. The van der Waals surface area contributed by atoms with Gasteiger partial charge >= 0.3 is 5.97 Å². The fraction of sp³-hybridized carbons (Fsp3) is 0.143. The highest BCUT2D eigenvalue weighted by Crippen LogP contribution is 2.32. The van der Waals surface area contributed by atoms with E-state index in [1.165, 1.54) is 12.4 Å². The molecule has 92 valence electrons. The lowest BCUT2D eigenvalue weighted by Crippen LogP contribution is -2.39. The zero-order chi connectivity index (χ0) is 13.0. The van der Waals surface area contributed by atoms with Crippen molar-refractivity contribution in [3.05, 3.63) is 66.0 Å². The monoisotopic (exact) mass is 245 g/mol. The van der Waals surface area contributed by atoms with Crippen LogP contribution in [0.25, 0.3) is 0 Å². The molecule has 0 aliphatic heterocycles. The first-order valence-electron chi connectivity index (χ1n) is 5.47. The molecule has 2 aromatic rings. The molecule has 0 radical (unpaired) electrons. The standard InChI is InChI=1S/C14H12FNO2/c15-10-14(13(17)18,11-5-2-1-3-6-11)12-7-4-8-16-9-12/h1-9H,10H2,(H,17,18). The van der Waals surface area contributed by atoms with E-state index < -0.39 is 18.1 Å². The zero-order valence-corrected chi connectivity index (χ0v) is 9.58. The molecule has 0 saturated heterocycles. The minimum atomic E-state index is -1.68. The lowest BCUT2D eigenvalue weighted by Gasteiger charge is -2.27. The second-order valence-corrected chi connectivity index (χ2v) is 3.95. The molecular formula is C14H12FNO2. The van der Waals surface area contributed by atoms with Gasteiger partial charge in [0.15, 0.2) is 0 Å². The number of carbonyl (C=O) groups is 1. The molecule has 1 atom stereocenters. The Labute approximate surface area is 104 Å². The third-order valence-corrected chi connectivity index (χ3v) is 2.99. The number of carboxylic acids is 1. The van der Waals surface area contributed by atoms with E-state index in [4.69, 9.17) is 0 Å². The van der Waals surface area contributed by atoms with Crippen LogP contribution in [0.4, 0.5) is 4.39 Å². The third kappa shape index (κ3) is 1.86. The summed E-state index contributed by atoms with van der Waals surface area (Å²) in [6, 6.07) is 11.6. The Morgan fingerprint density at radius 2 is 1.83 bits per heavy atom. The maximum atomic E-state index is 13.5. The molecule has 0 saturated carbocycles. The van der Waals surface area contributed by atoms with E-state index in [0.29, 0.717) is 11.1 Å². The van der Waals surface area contributed by atoms with Crippen LogP contribution in [0.2, 0.25) is 0 Å². The van der Waals surface area contributed by atoms with E-state index >= 15 is 0 Å². The van der Waals surface area contributed by atoms with Crippen LogP contribution in [0.1, 0.15) is 11.1 Å². The molecule has 0 bridgehead atoms. The molecule has 1 aromatic heterocycles. The van der Waals surface area contributed by atoms with Gasteiger partial charge in [-0.2, -0.15) is 0 Å². The number of rotatable bonds is 4. The number of nitrogens with zero attached hydrogens (tertiary/aromatic N) is 1. The number of alkyl halides is 1. The van der Waals surface area contributed by atoms with E-state index in [1.54, 1.807) is 42.5 Å². The van der Waals surface area contributed by atoms with Gasteiger partial charge in [0.1, 0.15) is 12.1 Å². The van der Waals surface area contributed by atoms with Gasteiger partial charge in [0.05, 0.1) is 0 Å². The molecule has 0 fully saturated rings. The molecule has 1 heterocycles. The first kappa shape index (κ1) is 12.2. The number of aromatic nitrogens is 1.